The van der Waals surface area contributed by atoms with Crippen LogP contribution < -0.4 is 5.19 Å². The molecule has 0 aromatic heterocycles. The van der Waals surface area contributed by atoms with Crippen molar-refractivity contribution in [2.24, 2.45) is 0 Å². The van der Waals surface area contributed by atoms with Gasteiger partial charge in [0.25, 0.3) is 5.91 Å². The molecular formula is C17H28ClNOSi. The fourth-order valence-corrected chi connectivity index (χ4v) is 7.37. The molecule has 0 unspecified atom stereocenters. The Morgan fingerprint density at radius 3 is 2.00 bits per heavy atom. The Morgan fingerprint density at radius 2 is 1.57 bits per heavy atom. The van der Waals surface area contributed by atoms with E-state index in [0.717, 1.165) is 36.8 Å². The molecule has 0 spiro atoms. The minimum absolute atomic E-state index is 0.0906. The Bertz CT molecular complexity index is 473. The van der Waals surface area contributed by atoms with Gasteiger partial charge in [0.05, 0.1) is 18.7 Å². The maximum atomic E-state index is 12.9. The smallest absolute Gasteiger partial charge is 0.255 e. The van der Waals surface area contributed by atoms with Crippen LogP contribution in [-0.2, 0) is 0 Å². The van der Waals surface area contributed by atoms with Crippen molar-refractivity contribution < 1.29 is 4.79 Å². The average Bonchev–Trinajstić information content (AvgIpc) is 2.51. The minimum Gasteiger partial charge on any atom is -0.339 e. The third-order valence-electron chi connectivity index (χ3n) is 4.88. The molecule has 0 aliphatic heterocycles. The fraction of sp³-hybridized carbons (Fsp3) is 0.588. The van der Waals surface area contributed by atoms with Gasteiger partial charge >= 0.3 is 0 Å². The summed E-state index contributed by atoms with van der Waals surface area (Å²) in [5, 5.41) is 1.86. The van der Waals surface area contributed by atoms with E-state index < -0.39 is 8.07 Å². The van der Waals surface area contributed by atoms with Gasteiger partial charge in [-0.25, -0.2) is 0 Å². The van der Waals surface area contributed by atoms with Crippen LogP contribution in [0.5, 0.6) is 0 Å². The second-order valence-corrected chi connectivity index (χ2v) is 11.1. The molecule has 0 aliphatic carbocycles. The molecule has 0 saturated heterocycles. The van der Waals surface area contributed by atoms with E-state index in [4.69, 9.17) is 11.6 Å². The Kier molecular flexibility index (Phi) is 6.95. The highest BCUT2D eigenvalue weighted by atomic mass is 35.5. The van der Waals surface area contributed by atoms with Gasteiger partial charge in [-0.2, -0.15) is 0 Å². The Labute approximate surface area is 135 Å². The molecule has 0 atom stereocenters. The Hall–Kier alpha value is -0.803. The van der Waals surface area contributed by atoms with Gasteiger partial charge in [-0.1, -0.05) is 62.6 Å². The lowest BCUT2D eigenvalue weighted by molar-refractivity contribution is 0.0774. The van der Waals surface area contributed by atoms with Gasteiger partial charge in [-0.15, -0.1) is 0 Å². The monoisotopic (exact) mass is 325 g/mol. The van der Waals surface area contributed by atoms with Crippen LogP contribution in [0.4, 0.5) is 0 Å². The number of halogens is 1. The maximum absolute atomic E-state index is 12.9. The molecule has 4 heteroatoms. The number of hydrogen-bond acceptors (Lipinski definition) is 1. The number of carbonyl (C=O) groups excluding carboxylic acids is 1. The van der Waals surface area contributed by atoms with Gasteiger partial charge in [-0.3, -0.25) is 4.79 Å². The van der Waals surface area contributed by atoms with E-state index in [-0.39, 0.29) is 5.91 Å². The molecule has 2 nitrogen and oxygen atoms in total. The number of nitrogens with zero attached hydrogens (tertiary/aromatic N) is 1. The molecule has 0 heterocycles. The molecule has 0 N–H and O–H groups in total. The highest BCUT2D eigenvalue weighted by molar-refractivity contribution is 6.92. The first-order valence-corrected chi connectivity index (χ1v) is 11.1. The summed E-state index contributed by atoms with van der Waals surface area (Å²) in [5.41, 5.74) is 0.764. The quantitative estimate of drug-likeness (QED) is 0.674. The second-order valence-electron chi connectivity index (χ2n) is 5.48. The molecule has 1 aromatic carbocycles. The van der Waals surface area contributed by atoms with Crippen LogP contribution in [0.3, 0.4) is 0 Å². The fourth-order valence-electron chi connectivity index (χ4n) is 3.17. The maximum Gasteiger partial charge on any atom is 0.255 e. The molecule has 0 fully saturated rings. The standard InChI is InChI=1S/C17H28ClNOSi/c1-6-19(7-2)17(20)16-14(18)12-11-13-15(16)21(8-3,9-4)10-5/h11-13H,6-10H2,1-5H3. The van der Waals surface area contributed by atoms with Crippen LogP contribution >= 0.6 is 11.6 Å². The number of hydrogen-bond donors (Lipinski definition) is 0. The molecular weight excluding hydrogens is 298 g/mol. The van der Waals surface area contributed by atoms with Crippen LogP contribution in [0, 0.1) is 0 Å². The molecule has 0 bridgehead atoms. The van der Waals surface area contributed by atoms with Gasteiger partial charge in [0.1, 0.15) is 0 Å². The highest BCUT2D eigenvalue weighted by Gasteiger charge is 2.34. The predicted molar refractivity (Wildman–Crippen MR) is 95.5 cm³/mol. The first-order valence-electron chi connectivity index (χ1n) is 8.09. The average molecular weight is 326 g/mol. The van der Waals surface area contributed by atoms with Crippen LogP contribution in [0.15, 0.2) is 18.2 Å². The molecule has 1 aromatic rings. The van der Waals surface area contributed by atoms with Crippen molar-refractivity contribution in [1.29, 1.82) is 0 Å². The second kappa shape index (κ2) is 8.00. The third-order valence-corrected chi connectivity index (χ3v) is 10.8. The summed E-state index contributed by atoms with van der Waals surface area (Å²) in [6, 6.07) is 9.45. The zero-order valence-electron chi connectivity index (χ0n) is 14.0. The lowest BCUT2D eigenvalue weighted by atomic mass is 10.2. The molecule has 21 heavy (non-hydrogen) atoms. The first kappa shape index (κ1) is 18.2. The summed E-state index contributed by atoms with van der Waals surface area (Å²) < 4.78 is 0. The van der Waals surface area contributed by atoms with Crippen molar-refractivity contribution in [2.45, 2.75) is 52.8 Å². The summed E-state index contributed by atoms with van der Waals surface area (Å²) in [7, 11) is -1.64. The lowest BCUT2D eigenvalue weighted by Crippen LogP contribution is -2.50. The van der Waals surface area contributed by atoms with Gasteiger partial charge in [0, 0.05) is 13.1 Å². The van der Waals surface area contributed by atoms with Crippen molar-refractivity contribution in [3.05, 3.63) is 28.8 Å². The van der Waals surface area contributed by atoms with Gasteiger partial charge in [0.15, 0.2) is 0 Å². The van der Waals surface area contributed by atoms with Gasteiger partial charge in [-0.05, 0) is 25.1 Å². The van der Waals surface area contributed by atoms with E-state index >= 15 is 0 Å². The van der Waals surface area contributed by atoms with Crippen molar-refractivity contribution in [3.8, 4) is 0 Å². The molecule has 1 rings (SSSR count). The van der Waals surface area contributed by atoms with Crippen LogP contribution in [-0.4, -0.2) is 32.0 Å². The molecule has 0 aliphatic rings. The molecule has 0 saturated carbocycles. The van der Waals surface area contributed by atoms with Crippen molar-refractivity contribution >= 4 is 30.8 Å². The topological polar surface area (TPSA) is 20.3 Å². The number of benzene rings is 1. The highest BCUT2D eigenvalue weighted by Crippen LogP contribution is 2.26. The van der Waals surface area contributed by atoms with E-state index in [1.807, 2.05) is 30.9 Å². The van der Waals surface area contributed by atoms with E-state index in [9.17, 15) is 4.79 Å². The first-order chi connectivity index (χ1) is 10.0. The van der Waals surface area contributed by atoms with E-state index in [1.165, 1.54) is 5.19 Å². The van der Waals surface area contributed by atoms with Crippen molar-refractivity contribution in [2.75, 3.05) is 13.1 Å². The predicted octanol–water partition coefficient (Wildman–Crippen LogP) is 4.54. The SMILES string of the molecule is CCN(CC)C(=O)c1c(Cl)cccc1[Si](CC)(CC)CC. The molecule has 0 radical (unpaired) electrons. The summed E-state index contributed by atoms with van der Waals surface area (Å²) in [6.45, 7) is 12.2. The van der Waals surface area contributed by atoms with E-state index in [1.54, 1.807) is 0 Å². The zero-order valence-corrected chi connectivity index (χ0v) is 15.8. The van der Waals surface area contributed by atoms with Gasteiger partial charge in [0.2, 0.25) is 0 Å². The zero-order chi connectivity index (χ0) is 16.0. The van der Waals surface area contributed by atoms with Crippen LogP contribution in [0.2, 0.25) is 23.2 Å². The minimum atomic E-state index is -1.64. The van der Waals surface area contributed by atoms with E-state index in [2.05, 4.69) is 26.8 Å². The largest absolute Gasteiger partial charge is 0.339 e. The van der Waals surface area contributed by atoms with Crippen LogP contribution in [0.1, 0.15) is 45.0 Å². The van der Waals surface area contributed by atoms with Gasteiger partial charge < -0.3 is 4.90 Å². The van der Waals surface area contributed by atoms with E-state index in [0.29, 0.717) is 5.02 Å². The van der Waals surface area contributed by atoms with Crippen LogP contribution in [0.25, 0.3) is 0 Å². The third kappa shape index (κ3) is 3.51. The van der Waals surface area contributed by atoms with Crippen molar-refractivity contribution in [1.82, 2.24) is 4.90 Å². The summed E-state index contributed by atoms with van der Waals surface area (Å²) in [6.07, 6.45) is 0. The summed E-state index contributed by atoms with van der Waals surface area (Å²) >= 11 is 6.43. The number of rotatable bonds is 7. The normalized spacial score (nSPS) is 11.5. The van der Waals surface area contributed by atoms with Crippen molar-refractivity contribution in [3.63, 3.8) is 0 Å². The molecule has 118 valence electrons. The Balaban J connectivity index is 3.49. The lowest BCUT2D eigenvalue weighted by Gasteiger charge is -2.32. The number of amides is 1. The Morgan fingerprint density at radius 1 is 1.05 bits per heavy atom. The number of carbonyl (C=O) groups is 1. The summed E-state index contributed by atoms with van der Waals surface area (Å²) in [5.74, 6) is 0.0906. The summed E-state index contributed by atoms with van der Waals surface area (Å²) in [4.78, 5) is 14.8. The molecule has 1 amide bonds.